The van der Waals surface area contributed by atoms with E-state index in [9.17, 15) is 0 Å². The first-order chi connectivity index (χ1) is 5.25. The van der Waals surface area contributed by atoms with E-state index in [0.29, 0.717) is 12.0 Å². The molecule has 0 aromatic heterocycles. The van der Waals surface area contributed by atoms with Crippen molar-refractivity contribution in [1.29, 1.82) is 0 Å². The van der Waals surface area contributed by atoms with Crippen LogP contribution in [-0.4, -0.2) is 36.4 Å². The van der Waals surface area contributed by atoms with Crippen LogP contribution in [0, 0.1) is 5.92 Å². The Hall–Kier alpha value is 0.270. The average Bonchev–Trinajstić information content (AvgIpc) is 2.04. The first kappa shape index (κ1) is 9.36. The highest BCUT2D eigenvalue weighted by Crippen LogP contribution is 2.20. The van der Waals surface area contributed by atoms with E-state index in [1.165, 1.54) is 0 Å². The van der Waals surface area contributed by atoms with Crippen molar-refractivity contribution in [2.45, 2.75) is 19.9 Å². The van der Waals surface area contributed by atoms with Crippen molar-refractivity contribution in [3.05, 3.63) is 0 Å². The summed E-state index contributed by atoms with van der Waals surface area (Å²) in [6.07, 6.45) is 2.14. The van der Waals surface area contributed by atoms with Gasteiger partial charge in [-0.1, -0.05) is 25.8 Å². The number of rotatable bonds is 2. The minimum absolute atomic E-state index is 0.610. The van der Waals surface area contributed by atoms with Crippen LogP contribution in [0.2, 0.25) is 0 Å². The maximum Gasteiger partial charge on any atom is 0.0634 e. The molecule has 1 aliphatic rings. The molecule has 1 fully saturated rings. The Morgan fingerprint density at radius 2 is 2.27 bits per heavy atom. The van der Waals surface area contributed by atoms with E-state index >= 15 is 0 Å². The number of hydrogen-bond donors (Lipinski definition) is 0. The number of morpholine rings is 1. The molecule has 11 heavy (non-hydrogen) atoms. The summed E-state index contributed by atoms with van der Waals surface area (Å²) in [4.78, 5) is 0. The molecule has 0 N–H and O–H groups in total. The number of nitrogens with zero attached hydrogens (tertiary/aromatic N) is 1. The largest absolute Gasteiger partial charge is 0.378 e. The lowest BCUT2D eigenvalue weighted by atomic mass is 10.1. The molecule has 0 aromatic rings. The molecular formula is C8H17NOS. The zero-order valence-electron chi connectivity index (χ0n) is 7.54. The van der Waals surface area contributed by atoms with Gasteiger partial charge in [-0.2, -0.15) is 0 Å². The molecule has 0 amide bonds. The number of ether oxygens (including phenoxy) is 1. The van der Waals surface area contributed by atoms with Crippen LogP contribution in [0.25, 0.3) is 0 Å². The van der Waals surface area contributed by atoms with E-state index in [1.807, 2.05) is 11.9 Å². The minimum atomic E-state index is 0.610. The molecule has 2 nitrogen and oxygen atoms in total. The topological polar surface area (TPSA) is 12.5 Å². The highest BCUT2D eigenvalue weighted by molar-refractivity contribution is 7.96. The van der Waals surface area contributed by atoms with Gasteiger partial charge in [0, 0.05) is 12.6 Å². The van der Waals surface area contributed by atoms with Crippen LogP contribution < -0.4 is 0 Å². The summed E-state index contributed by atoms with van der Waals surface area (Å²) in [6.45, 7) is 7.37. The molecule has 0 aromatic carbocycles. The highest BCUT2D eigenvalue weighted by Gasteiger charge is 2.24. The van der Waals surface area contributed by atoms with E-state index in [-0.39, 0.29) is 0 Å². The van der Waals surface area contributed by atoms with Gasteiger partial charge >= 0.3 is 0 Å². The molecule has 0 spiro atoms. The summed E-state index contributed by atoms with van der Waals surface area (Å²) in [7, 11) is 0. The third-order valence-corrected chi connectivity index (χ3v) is 3.04. The Labute approximate surface area is 73.4 Å². The first-order valence-electron chi connectivity index (χ1n) is 4.14. The zero-order valence-corrected chi connectivity index (χ0v) is 8.36. The lowest BCUT2D eigenvalue weighted by Gasteiger charge is -2.35. The molecule has 0 bridgehead atoms. The van der Waals surface area contributed by atoms with Crippen molar-refractivity contribution in [3.8, 4) is 0 Å². The van der Waals surface area contributed by atoms with E-state index in [2.05, 4.69) is 24.4 Å². The fraction of sp³-hybridized carbons (Fsp3) is 1.00. The first-order valence-corrected chi connectivity index (χ1v) is 5.32. The lowest BCUT2D eigenvalue weighted by molar-refractivity contribution is 0.0210. The second-order valence-electron chi connectivity index (χ2n) is 3.21. The second kappa shape index (κ2) is 4.33. The van der Waals surface area contributed by atoms with Gasteiger partial charge in [-0.05, 0) is 12.2 Å². The third kappa shape index (κ3) is 2.36. The zero-order chi connectivity index (χ0) is 8.27. The Morgan fingerprint density at radius 3 is 2.73 bits per heavy atom. The van der Waals surface area contributed by atoms with Crippen molar-refractivity contribution in [2.75, 3.05) is 26.0 Å². The van der Waals surface area contributed by atoms with Crippen LogP contribution in [0.1, 0.15) is 13.8 Å². The molecule has 0 radical (unpaired) electrons. The molecule has 1 aliphatic heterocycles. The monoisotopic (exact) mass is 175 g/mol. The normalized spacial score (nSPS) is 27.8. The standard InChI is InChI=1S/C8H17NOS/c1-7(2)8-6-10-5-4-9(8)11-3/h7-8H,4-6H2,1-3H3. The molecule has 1 rings (SSSR count). The second-order valence-corrected chi connectivity index (χ2v) is 4.04. The van der Waals surface area contributed by atoms with Gasteiger partial charge in [0.25, 0.3) is 0 Å². The summed E-state index contributed by atoms with van der Waals surface area (Å²) in [5.41, 5.74) is 0. The Bertz CT molecular complexity index is 119. The fourth-order valence-electron chi connectivity index (χ4n) is 1.36. The van der Waals surface area contributed by atoms with Gasteiger partial charge in [-0.15, -0.1) is 0 Å². The maximum atomic E-state index is 5.42. The average molecular weight is 175 g/mol. The van der Waals surface area contributed by atoms with Crippen LogP contribution in [0.4, 0.5) is 0 Å². The van der Waals surface area contributed by atoms with Crippen molar-refractivity contribution < 1.29 is 4.74 Å². The van der Waals surface area contributed by atoms with Gasteiger partial charge in [0.15, 0.2) is 0 Å². The third-order valence-electron chi connectivity index (χ3n) is 2.12. The molecule has 0 saturated carbocycles. The summed E-state index contributed by atoms with van der Waals surface area (Å²) in [6, 6.07) is 0.610. The van der Waals surface area contributed by atoms with Crippen LogP contribution in [-0.2, 0) is 4.74 Å². The smallest absolute Gasteiger partial charge is 0.0634 e. The lowest BCUT2D eigenvalue weighted by Crippen LogP contribution is -2.44. The van der Waals surface area contributed by atoms with Gasteiger partial charge in [0.1, 0.15) is 0 Å². The van der Waals surface area contributed by atoms with Gasteiger partial charge in [0.05, 0.1) is 13.2 Å². The molecule has 1 saturated heterocycles. The Balaban J connectivity index is 2.44. The molecule has 1 heterocycles. The summed E-state index contributed by atoms with van der Waals surface area (Å²) in [5, 5.41) is 0. The SMILES string of the molecule is CSN1CCOCC1C(C)C. The van der Waals surface area contributed by atoms with Crippen molar-refractivity contribution in [3.63, 3.8) is 0 Å². The highest BCUT2D eigenvalue weighted by atomic mass is 32.2. The maximum absolute atomic E-state index is 5.42. The molecular weight excluding hydrogens is 158 g/mol. The summed E-state index contributed by atoms with van der Waals surface area (Å²) >= 11 is 1.84. The van der Waals surface area contributed by atoms with Crippen molar-refractivity contribution in [2.24, 2.45) is 5.92 Å². The number of hydrogen-bond acceptors (Lipinski definition) is 3. The van der Waals surface area contributed by atoms with Crippen molar-refractivity contribution in [1.82, 2.24) is 4.31 Å². The summed E-state index contributed by atoms with van der Waals surface area (Å²) < 4.78 is 7.85. The molecule has 1 atom stereocenters. The van der Waals surface area contributed by atoms with Gasteiger partial charge < -0.3 is 4.74 Å². The van der Waals surface area contributed by atoms with Crippen LogP contribution >= 0.6 is 11.9 Å². The quantitative estimate of drug-likeness (QED) is 0.592. The van der Waals surface area contributed by atoms with Gasteiger partial charge in [0.2, 0.25) is 0 Å². The molecule has 1 unspecified atom stereocenters. The fourth-order valence-corrected chi connectivity index (χ4v) is 2.19. The molecule has 3 heteroatoms. The van der Waals surface area contributed by atoms with Gasteiger partial charge in [-0.3, -0.25) is 0 Å². The van der Waals surface area contributed by atoms with Crippen molar-refractivity contribution >= 4 is 11.9 Å². The van der Waals surface area contributed by atoms with E-state index in [0.717, 1.165) is 19.8 Å². The van der Waals surface area contributed by atoms with Gasteiger partial charge in [-0.25, -0.2) is 4.31 Å². The van der Waals surface area contributed by atoms with E-state index < -0.39 is 0 Å². The Morgan fingerprint density at radius 1 is 1.55 bits per heavy atom. The van der Waals surface area contributed by atoms with Crippen LogP contribution in [0.15, 0.2) is 0 Å². The minimum Gasteiger partial charge on any atom is -0.378 e. The van der Waals surface area contributed by atoms with E-state index in [1.54, 1.807) is 0 Å². The Kier molecular flexibility index (Phi) is 3.69. The van der Waals surface area contributed by atoms with Crippen LogP contribution in [0.5, 0.6) is 0 Å². The predicted molar refractivity (Wildman–Crippen MR) is 49.7 cm³/mol. The summed E-state index contributed by atoms with van der Waals surface area (Å²) in [5.74, 6) is 0.697. The predicted octanol–water partition coefficient (Wildman–Crippen LogP) is 1.62. The van der Waals surface area contributed by atoms with Crippen LogP contribution in [0.3, 0.4) is 0 Å². The molecule has 66 valence electrons. The molecule has 0 aliphatic carbocycles. The van der Waals surface area contributed by atoms with E-state index in [4.69, 9.17) is 4.74 Å².